The fraction of sp³-hybridized carbons (Fsp3) is 0.647. The minimum atomic E-state index is -0.118. The van der Waals surface area contributed by atoms with Crippen molar-refractivity contribution < 1.29 is 5.11 Å². The largest absolute Gasteiger partial charge is 0.393 e. The van der Waals surface area contributed by atoms with Crippen LogP contribution in [0, 0.1) is 6.92 Å². The van der Waals surface area contributed by atoms with Crippen LogP contribution in [0.4, 0.5) is 0 Å². The fourth-order valence-electron chi connectivity index (χ4n) is 2.33. The third-order valence-corrected chi connectivity index (χ3v) is 3.49. The molecular weight excluding hydrogens is 220 g/mol. The molecule has 1 N–H and O–H groups in total. The normalized spacial score (nSPS) is 12.6. The lowest BCUT2D eigenvalue weighted by molar-refractivity contribution is 0.151. The molecule has 0 radical (unpaired) electrons. The third kappa shape index (κ3) is 6.80. The van der Waals surface area contributed by atoms with Gasteiger partial charge in [-0.2, -0.15) is 0 Å². The first-order valence-electron chi connectivity index (χ1n) is 7.46. The van der Waals surface area contributed by atoms with E-state index >= 15 is 0 Å². The molecule has 1 unspecified atom stereocenters. The van der Waals surface area contributed by atoms with Gasteiger partial charge >= 0.3 is 0 Å². The van der Waals surface area contributed by atoms with Crippen LogP contribution in [0.2, 0.25) is 0 Å². The lowest BCUT2D eigenvalue weighted by Gasteiger charge is -2.10. The van der Waals surface area contributed by atoms with Gasteiger partial charge in [0.2, 0.25) is 0 Å². The summed E-state index contributed by atoms with van der Waals surface area (Å²) in [6, 6.07) is 8.59. The van der Waals surface area contributed by atoms with E-state index in [9.17, 15) is 5.11 Å². The summed E-state index contributed by atoms with van der Waals surface area (Å²) in [6.45, 7) is 4.35. The number of aryl methyl sites for hydroxylation is 2. The maximum absolute atomic E-state index is 9.94. The van der Waals surface area contributed by atoms with E-state index in [0.717, 1.165) is 19.3 Å². The molecule has 0 aromatic heterocycles. The van der Waals surface area contributed by atoms with Crippen molar-refractivity contribution in [1.82, 2.24) is 0 Å². The summed E-state index contributed by atoms with van der Waals surface area (Å²) in [7, 11) is 0. The van der Waals surface area contributed by atoms with Gasteiger partial charge in [0.15, 0.2) is 0 Å². The molecule has 1 aromatic rings. The van der Waals surface area contributed by atoms with Gasteiger partial charge in [0.25, 0.3) is 0 Å². The smallest absolute Gasteiger partial charge is 0.0543 e. The molecule has 0 aliphatic heterocycles. The minimum absolute atomic E-state index is 0.118. The van der Waals surface area contributed by atoms with Gasteiger partial charge in [-0.3, -0.25) is 0 Å². The molecule has 0 saturated heterocycles. The van der Waals surface area contributed by atoms with E-state index in [1.807, 2.05) is 0 Å². The second-order valence-electron chi connectivity index (χ2n) is 5.38. The highest BCUT2D eigenvalue weighted by Gasteiger charge is 2.04. The summed E-state index contributed by atoms with van der Waals surface area (Å²) in [5.41, 5.74) is 2.65. The van der Waals surface area contributed by atoms with Crippen molar-refractivity contribution in [1.29, 1.82) is 0 Å². The van der Waals surface area contributed by atoms with E-state index in [2.05, 4.69) is 38.1 Å². The van der Waals surface area contributed by atoms with Crippen molar-refractivity contribution >= 4 is 0 Å². The Labute approximate surface area is 112 Å². The Balaban J connectivity index is 2.11. The number of unbranched alkanes of at least 4 members (excludes halogenated alkanes) is 4. The Morgan fingerprint density at radius 1 is 1.06 bits per heavy atom. The second-order valence-corrected chi connectivity index (χ2v) is 5.38. The van der Waals surface area contributed by atoms with Crippen LogP contribution >= 0.6 is 0 Å². The number of aliphatic hydroxyl groups is 1. The lowest BCUT2D eigenvalue weighted by Crippen LogP contribution is -2.07. The Morgan fingerprint density at radius 3 is 2.56 bits per heavy atom. The van der Waals surface area contributed by atoms with Crippen LogP contribution in [0.1, 0.15) is 63.0 Å². The number of aliphatic hydroxyl groups excluding tert-OH is 1. The average molecular weight is 248 g/mol. The summed E-state index contributed by atoms with van der Waals surface area (Å²) < 4.78 is 0. The Bertz CT molecular complexity index is 319. The summed E-state index contributed by atoms with van der Waals surface area (Å²) in [4.78, 5) is 0. The average Bonchev–Trinajstić information content (AvgIpc) is 2.36. The van der Waals surface area contributed by atoms with Crippen LogP contribution < -0.4 is 0 Å². The summed E-state index contributed by atoms with van der Waals surface area (Å²) in [5, 5.41) is 9.94. The summed E-state index contributed by atoms with van der Waals surface area (Å²) >= 11 is 0. The molecular formula is C17H28O. The van der Waals surface area contributed by atoms with Crippen LogP contribution in [-0.4, -0.2) is 11.2 Å². The molecule has 0 bridgehead atoms. The van der Waals surface area contributed by atoms with Crippen molar-refractivity contribution in [2.45, 2.75) is 71.3 Å². The third-order valence-electron chi connectivity index (χ3n) is 3.49. The van der Waals surface area contributed by atoms with Gasteiger partial charge in [-0.1, -0.05) is 68.9 Å². The maximum atomic E-state index is 9.94. The van der Waals surface area contributed by atoms with Crippen molar-refractivity contribution in [3.8, 4) is 0 Å². The van der Waals surface area contributed by atoms with Gasteiger partial charge in [-0.25, -0.2) is 0 Å². The number of hydrogen-bond acceptors (Lipinski definition) is 1. The van der Waals surface area contributed by atoms with Crippen molar-refractivity contribution in [2.24, 2.45) is 0 Å². The molecule has 0 amide bonds. The predicted octanol–water partition coefficient (Wildman–Crippen LogP) is 4.65. The molecule has 1 aromatic carbocycles. The highest BCUT2D eigenvalue weighted by molar-refractivity contribution is 5.22. The van der Waals surface area contributed by atoms with Crippen molar-refractivity contribution in [2.75, 3.05) is 0 Å². The summed E-state index contributed by atoms with van der Waals surface area (Å²) in [5.74, 6) is 0. The summed E-state index contributed by atoms with van der Waals surface area (Å²) in [6.07, 6.45) is 9.14. The van der Waals surface area contributed by atoms with Gasteiger partial charge in [0.1, 0.15) is 0 Å². The SMILES string of the molecule is CCCCCCCC(O)CCc1cccc(C)c1. The van der Waals surface area contributed by atoms with E-state index in [1.54, 1.807) is 0 Å². The van der Waals surface area contributed by atoms with Gasteiger partial charge in [-0.05, 0) is 31.7 Å². The second kappa shape index (κ2) is 9.16. The molecule has 1 nitrogen and oxygen atoms in total. The molecule has 102 valence electrons. The molecule has 1 rings (SSSR count). The van der Waals surface area contributed by atoms with Crippen molar-refractivity contribution in [3.63, 3.8) is 0 Å². The van der Waals surface area contributed by atoms with Crippen LogP contribution in [0.3, 0.4) is 0 Å². The minimum Gasteiger partial charge on any atom is -0.393 e. The molecule has 18 heavy (non-hydrogen) atoms. The first-order chi connectivity index (χ1) is 8.72. The molecule has 0 saturated carbocycles. The maximum Gasteiger partial charge on any atom is 0.0543 e. The molecule has 1 atom stereocenters. The zero-order chi connectivity index (χ0) is 13.2. The Morgan fingerprint density at radius 2 is 1.83 bits per heavy atom. The molecule has 0 aliphatic rings. The van der Waals surface area contributed by atoms with E-state index in [0.29, 0.717) is 0 Å². The number of rotatable bonds is 9. The molecule has 0 heterocycles. The number of hydrogen-bond donors (Lipinski definition) is 1. The van der Waals surface area contributed by atoms with Crippen LogP contribution in [0.5, 0.6) is 0 Å². The zero-order valence-electron chi connectivity index (χ0n) is 12.0. The van der Waals surface area contributed by atoms with Gasteiger partial charge in [-0.15, -0.1) is 0 Å². The lowest BCUT2D eigenvalue weighted by atomic mass is 10.0. The molecule has 0 fully saturated rings. The van der Waals surface area contributed by atoms with E-state index in [-0.39, 0.29) is 6.10 Å². The van der Waals surface area contributed by atoms with Crippen LogP contribution in [0.25, 0.3) is 0 Å². The quantitative estimate of drug-likeness (QED) is 0.631. The zero-order valence-corrected chi connectivity index (χ0v) is 12.0. The Hall–Kier alpha value is -0.820. The van der Waals surface area contributed by atoms with Gasteiger partial charge < -0.3 is 5.11 Å². The Kier molecular flexibility index (Phi) is 7.75. The molecule has 1 heteroatoms. The topological polar surface area (TPSA) is 20.2 Å². The highest BCUT2D eigenvalue weighted by atomic mass is 16.3. The van der Waals surface area contributed by atoms with E-state index in [1.165, 1.54) is 43.2 Å². The van der Waals surface area contributed by atoms with E-state index in [4.69, 9.17) is 0 Å². The molecule has 0 aliphatic carbocycles. The van der Waals surface area contributed by atoms with Gasteiger partial charge in [0.05, 0.1) is 6.10 Å². The van der Waals surface area contributed by atoms with Crippen molar-refractivity contribution in [3.05, 3.63) is 35.4 Å². The van der Waals surface area contributed by atoms with Crippen LogP contribution in [0.15, 0.2) is 24.3 Å². The molecule has 0 spiro atoms. The first kappa shape index (κ1) is 15.2. The highest BCUT2D eigenvalue weighted by Crippen LogP contribution is 2.13. The first-order valence-corrected chi connectivity index (χ1v) is 7.46. The van der Waals surface area contributed by atoms with E-state index < -0.39 is 0 Å². The fourth-order valence-corrected chi connectivity index (χ4v) is 2.33. The number of benzene rings is 1. The standard InChI is InChI=1S/C17H28O/c1-3-4-5-6-7-11-17(18)13-12-16-10-8-9-15(2)14-16/h8-10,14,17-18H,3-7,11-13H2,1-2H3. The van der Waals surface area contributed by atoms with Crippen LogP contribution in [-0.2, 0) is 6.42 Å². The monoisotopic (exact) mass is 248 g/mol. The predicted molar refractivity (Wildman–Crippen MR) is 78.9 cm³/mol. The van der Waals surface area contributed by atoms with Gasteiger partial charge in [0, 0.05) is 0 Å².